The van der Waals surface area contributed by atoms with Crippen molar-refractivity contribution in [1.82, 2.24) is 4.98 Å². The lowest BCUT2D eigenvalue weighted by atomic mass is 10.2. The van der Waals surface area contributed by atoms with Gasteiger partial charge in [-0.15, -0.1) is 23.1 Å². The fourth-order valence-electron chi connectivity index (χ4n) is 1.52. The molecule has 2 nitrogen and oxygen atoms in total. The Hall–Kier alpha value is -1.000. The molecule has 90 valence electrons. The second-order valence-corrected chi connectivity index (χ2v) is 5.81. The highest BCUT2D eigenvalue weighted by Gasteiger charge is 2.04. The lowest BCUT2D eigenvalue weighted by molar-refractivity contribution is 1.06. The SMILES string of the molecule is CCc1nc(CSc2cccc(N)c2C)cs1. The number of nitrogens with zero attached hydrogens (tertiary/aromatic N) is 1. The van der Waals surface area contributed by atoms with Crippen LogP contribution in [0.25, 0.3) is 0 Å². The molecule has 1 heterocycles. The zero-order chi connectivity index (χ0) is 12.3. The van der Waals surface area contributed by atoms with Crippen LogP contribution in [0.4, 0.5) is 5.69 Å². The molecule has 0 saturated heterocycles. The normalized spacial score (nSPS) is 10.7. The Morgan fingerprint density at radius 1 is 1.41 bits per heavy atom. The second kappa shape index (κ2) is 5.56. The quantitative estimate of drug-likeness (QED) is 0.672. The Labute approximate surface area is 110 Å². The van der Waals surface area contributed by atoms with Crippen molar-refractivity contribution >= 4 is 28.8 Å². The van der Waals surface area contributed by atoms with Crippen LogP contribution in [0, 0.1) is 6.92 Å². The summed E-state index contributed by atoms with van der Waals surface area (Å²) < 4.78 is 0. The van der Waals surface area contributed by atoms with Gasteiger partial charge in [-0.2, -0.15) is 0 Å². The maximum Gasteiger partial charge on any atom is 0.0925 e. The molecule has 0 saturated carbocycles. The van der Waals surface area contributed by atoms with Crippen molar-refractivity contribution < 1.29 is 0 Å². The zero-order valence-electron chi connectivity index (χ0n) is 10.1. The van der Waals surface area contributed by atoms with Gasteiger partial charge >= 0.3 is 0 Å². The number of rotatable bonds is 4. The largest absolute Gasteiger partial charge is 0.398 e. The van der Waals surface area contributed by atoms with Gasteiger partial charge in [0, 0.05) is 21.7 Å². The lowest BCUT2D eigenvalue weighted by Crippen LogP contribution is -1.91. The van der Waals surface area contributed by atoms with Crippen LogP contribution < -0.4 is 5.73 Å². The van der Waals surface area contributed by atoms with E-state index in [1.54, 1.807) is 23.1 Å². The number of aromatic nitrogens is 1. The lowest BCUT2D eigenvalue weighted by Gasteiger charge is -2.06. The van der Waals surface area contributed by atoms with Gasteiger partial charge in [-0.05, 0) is 31.0 Å². The molecule has 0 aliphatic carbocycles. The first-order chi connectivity index (χ1) is 8.20. The topological polar surface area (TPSA) is 38.9 Å². The van der Waals surface area contributed by atoms with Crippen LogP contribution >= 0.6 is 23.1 Å². The summed E-state index contributed by atoms with van der Waals surface area (Å²) in [6, 6.07) is 6.06. The molecule has 0 amide bonds. The van der Waals surface area contributed by atoms with E-state index in [1.165, 1.54) is 21.2 Å². The third-order valence-electron chi connectivity index (χ3n) is 2.60. The number of aryl methyl sites for hydroxylation is 1. The Bertz CT molecular complexity index is 506. The van der Waals surface area contributed by atoms with Gasteiger partial charge in [0.1, 0.15) is 0 Å². The highest BCUT2D eigenvalue weighted by atomic mass is 32.2. The van der Waals surface area contributed by atoms with Gasteiger partial charge in [0.15, 0.2) is 0 Å². The molecule has 0 bridgehead atoms. The van der Waals surface area contributed by atoms with Crippen LogP contribution in [0.2, 0.25) is 0 Å². The first kappa shape index (κ1) is 12.5. The molecule has 17 heavy (non-hydrogen) atoms. The van der Waals surface area contributed by atoms with E-state index in [0.29, 0.717) is 0 Å². The Balaban J connectivity index is 2.04. The van der Waals surface area contributed by atoms with Gasteiger partial charge in [-0.3, -0.25) is 0 Å². The number of nitrogen functional groups attached to an aromatic ring is 1. The van der Waals surface area contributed by atoms with E-state index < -0.39 is 0 Å². The van der Waals surface area contributed by atoms with E-state index in [1.807, 2.05) is 12.1 Å². The Morgan fingerprint density at radius 3 is 2.94 bits per heavy atom. The number of thioether (sulfide) groups is 1. The van der Waals surface area contributed by atoms with Crippen LogP contribution in [0.15, 0.2) is 28.5 Å². The van der Waals surface area contributed by atoms with Crippen molar-refractivity contribution in [2.24, 2.45) is 0 Å². The number of hydrogen-bond acceptors (Lipinski definition) is 4. The zero-order valence-corrected chi connectivity index (χ0v) is 11.7. The monoisotopic (exact) mass is 264 g/mol. The van der Waals surface area contributed by atoms with E-state index >= 15 is 0 Å². The van der Waals surface area contributed by atoms with Crippen molar-refractivity contribution in [2.75, 3.05) is 5.73 Å². The van der Waals surface area contributed by atoms with Gasteiger partial charge in [0.2, 0.25) is 0 Å². The molecule has 4 heteroatoms. The average molecular weight is 264 g/mol. The molecule has 2 N–H and O–H groups in total. The predicted molar refractivity (Wildman–Crippen MR) is 76.6 cm³/mol. The van der Waals surface area contributed by atoms with Crippen LogP contribution in [-0.4, -0.2) is 4.98 Å². The fraction of sp³-hybridized carbons (Fsp3) is 0.308. The predicted octanol–water partition coefficient (Wildman–Crippen LogP) is 3.89. The van der Waals surface area contributed by atoms with E-state index in [-0.39, 0.29) is 0 Å². The van der Waals surface area contributed by atoms with Crippen molar-refractivity contribution in [3.05, 3.63) is 39.8 Å². The highest BCUT2D eigenvalue weighted by molar-refractivity contribution is 7.98. The van der Waals surface area contributed by atoms with Gasteiger partial charge < -0.3 is 5.73 Å². The van der Waals surface area contributed by atoms with Gasteiger partial charge in [0.05, 0.1) is 10.7 Å². The summed E-state index contributed by atoms with van der Waals surface area (Å²) in [6.07, 6.45) is 1.02. The molecule has 1 aromatic carbocycles. The second-order valence-electron chi connectivity index (χ2n) is 3.85. The van der Waals surface area contributed by atoms with E-state index in [2.05, 4.69) is 30.3 Å². The molecule has 2 rings (SSSR count). The smallest absolute Gasteiger partial charge is 0.0925 e. The molecule has 1 aromatic heterocycles. The van der Waals surface area contributed by atoms with Crippen LogP contribution in [0.3, 0.4) is 0 Å². The van der Waals surface area contributed by atoms with Gasteiger partial charge in [0.25, 0.3) is 0 Å². The van der Waals surface area contributed by atoms with Gasteiger partial charge in [-0.25, -0.2) is 4.98 Å². The summed E-state index contributed by atoms with van der Waals surface area (Å²) in [4.78, 5) is 5.81. The highest BCUT2D eigenvalue weighted by Crippen LogP contribution is 2.29. The summed E-state index contributed by atoms with van der Waals surface area (Å²) in [5.41, 5.74) is 9.09. The minimum Gasteiger partial charge on any atom is -0.398 e. The number of benzene rings is 1. The Morgan fingerprint density at radius 2 is 2.24 bits per heavy atom. The molecule has 0 radical (unpaired) electrons. The van der Waals surface area contributed by atoms with Crippen LogP contribution in [0.5, 0.6) is 0 Å². The van der Waals surface area contributed by atoms with Crippen molar-refractivity contribution in [3.8, 4) is 0 Å². The third kappa shape index (κ3) is 3.01. The molecular formula is C13H16N2S2. The molecule has 0 atom stereocenters. The number of nitrogens with two attached hydrogens (primary N) is 1. The summed E-state index contributed by atoms with van der Waals surface area (Å²) in [5, 5.41) is 3.36. The Kier molecular flexibility index (Phi) is 4.07. The van der Waals surface area contributed by atoms with Crippen molar-refractivity contribution in [3.63, 3.8) is 0 Å². The minimum atomic E-state index is 0.863. The van der Waals surface area contributed by atoms with Gasteiger partial charge in [-0.1, -0.05) is 13.0 Å². The van der Waals surface area contributed by atoms with Crippen molar-refractivity contribution in [2.45, 2.75) is 30.9 Å². The number of hydrogen-bond donors (Lipinski definition) is 1. The molecule has 0 unspecified atom stereocenters. The summed E-state index contributed by atoms with van der Waals surface area (Å²) in [7, 11) is 0. The fourth-order valence-corrected chi connectivity index (χ4v) is 3.33. The summed E-state index contributed by atoms with van der Waals surface area (Å²) in [5.74, 6) is 0.917. The summed E-state index contributed by atoms with van der Waals surface area (Å²) >= 11 is 3.55. The van der Waals surface area contributed by atoms with E-state index in [4.69, 9.17) is 5.73 Å². The first-order valence-corrected chi connectivity index (χ1v) is 7.48. The standard InChI is InChI=1S/C13H16N2S2/c1-3-13-15-10(8-17-13)7-16-12-6-4-5-11(14)9(12)2/h4-6,8H,3,7,14H2,1-2H3. The molecule has 2 aromatic rings. The molecule has 0 aliphatic rings. The van der Waals surface area contributed by atoms with Crippen LogP contribution in [0.1, 0.15) is 23.2 Å². The minimum absolute atomic E-state index is 0.863. The first-order valence-electron chi connectivity index (χ1n) is 5.62. The molecule has 0 spiro atoms. The van der Waals surface area contributed by atoms with E-state index in [0.717, 1.165) is 17.9 Å². The van der Waals surface area contributed by atoms with Crippen LogP contribution in [-0.2, 0) is 12.2 Å². The molecule has 0 fully saturated rings. The number of thiazole rings is 1. The maximum absolute atomic E-state index is 5.89. The van der Waals surface area contributed by atoms with E-state index in [9.17, 15) is 0 Å². The molecular weight excluding hydrogens is 248 g/mol. The molecule has 0 aliphatic heterocycles. The third-order valence-corrected chi connectivity index (χ3v) is 4.84. The summed E-state index contributed by atoms with van der Waals surface area (Å²) in [6.45, 7) is 4.20. The van der Waals surface area contributed by atoms with Crippen molar-refractivity contribution in [1.29, 1.82) is 0 Å². The number of anilines is 1. The maximum atomic E-state index is 5.89. The average Bonchev–Trinajstić information content (AvgIpc) is 2.79.